The molecule has 15 heavy (non-hydrogen) atoms. The highest BCUT2D eigenvalue weighted by atomic mass is 16.5. The van der Waals surface area contributed by atoms with Crippen LogP contribution in [0.5, 0.6) is 0 Å². The van der Waals surface area contributed by atoms with Crippen molar-refractivity contribution in [2.24, 2.45) is 0 Å². The van der Waals surface area contributed by atoms with E-state index in [4.69, 9.17) is 9.47 Å². The first-order valence-electron chi connectivity index (χ1n) is 5.77. The molecule has 1 aliphatic heterocycles. The summed E-state index contributed by atoms with van der Waals surface area (Å²) in [5, 5.41) is 9.60. The molecule has 1 N–H and O–H groups in total. The van der Waals surface area contributed by atoms with Gasteiger partial charge in [-0.25, -0.2) is 0 Å². The van der Waals surface area contributed by atoms with Crippen LogP contribution in [0.15, 0.2) is 12.3 Å². The number of hydrogen-bond acceptors (Lipinski definition) is 3. The molecule has 0 aromatic heterocycles. The highest BCUT2D eigenvalue weighted by Gasteiger charge is 2.27. The quantitative estimate of drug-likeness (QED) is 0.713. The van der Waals surface area contributed by atoms with Crippen LogP contribution in [0, 0.1) is 0 Å². The number of rotatable bonds is 5. The SMILES string of the molecule is C=C(CCCC)O[C@H]1COC(C)[C@@H](O)C1. The second-order valence-electron chi connectivity index (χ2n) is 4.22. The van der Waals surface area contributed by atoms with E-state index >= 15 is 0 Å². The molecule has 0 aromatic carbocycles. The number of aliphatic hydroxyl groups excluding tert-OH is 1. The maximum Gasteiger partial charge on any atom is 0.124 e. The Bertz CT molecular complexity index is 203. The number of hydrogen-bond donors (Lipinski definition) is 1. The zero-order chi connectivity index (χ0) is 11.3. The predicted molar refractivity (Wildman–Crippen MR) is 59.6 cm³/mol. The standard InChI is InChI=1S/C12H22O3/c1-4-5-6-9(2)15-11-7-12(13)10(3)14-8-11/h10-13H,2,4-8H2,1,3H3/t10?,11-,12+/m1/s1. The van der Waals surface area contributed by atoms with Crippen LogP contribution >= 0.6 is 0 Å². The van der Waals surface area contributed by atoms with Crippen LogP contribution in [0.2, 0.25) is 0 Å². The minimum atomic E-state index is -0.414. The number of aliphatic hydroxyl groups is 1. The van der Waals surface area contributed by atoms with Gasteiger partial charge in [0.2, 0.25) is 0 Å². The molecule has 1 heterocycles. The maximum absolute atomic E-state index is 9.60. The van der Waals surface area contributed by atoms with Crippen LogP contribution in [0.3, 0.4) is 0 Å². The van der Waals surface area contributed by atoms with E-state index in [2.05, 4.69) is 13.5 Å². The molecule has 1 rings (SSSR count). The van der Waals surface area contributed by atoms with Crippen LogP contribution < -0.4 is 0 Å². The molecule has 1 unspecified atom stereocenters. The highest BCUT2D eigenvalue weighted by molar-refractivity contribution is 4.86. The minimum Gasteiger partial charge on any atom is -0.493 e. The second-order valence-corrected chi connectivity index (χ2v) is 4.22. The van der Waals surface area contributed by atoms with Crippen molar-refractivity contribution in [3.63, 3.8) is 0 Å². The third kappa shape index (κ3) is 4.22. The number of unbranched alkanes of at least 4 members (excludes halogenated alkanes) is 1. The second kappa shape index (κ2) is 6.13. The first-order chi connectivity index (χ1) is 7.13. The van der Waals surface area contributed by atoms with Gasteiger partial charge >= 0.3 is 0 Å². The van der Waals surface area contributed by atoms with Crippen molar-refractivity contribution in [1.29, 1.82) is 0 Å². The van der Waals surface area contributed by atoms with Gasteiger partial charge < -0.3 is 14.6 Å². The van der Waals surface area contributed by atoms with E-state index in [0.29, 0.717) is 13.0 Å². The molecule has 0 amide bonds. The van der Waals surface area contributed by atoms with Crippen molar-refractivity contribution in [2.75, 3.05) is 6.61 Å². The average molecular weight is 214 g/mol. The summed E-state index contributed by atoms with van der Waals surface area (Å²) < 4.78 is 11.0. The zero-order valence-electron chi connectivity index (χ0n) is 9.74. The van der Waals surface area contributed by atoms with E-state index < -0.39 is 6.10 Å². The Balaban J connectivity index is 2.24. The summed E-state index contributed by atoms with van der Waals surface area (Å²) in [6.45, 7) is 8.45. The lowest BCUT2D eigenvalue weighted by molar-refractivity contribution is -0.122. The van der Waals surface area contributed by atoms with Gasteiger partial charge in [-0.05, 0) is 13.3 Å². The first-order valence-corrected chi connectivity index (χ1v) is 5.77. The average Bonchev–Trinajstić information content (AvgIpc) is 2.20. The van der Waals surface area contributed by atoms with Gasteiger partial charge in [0.15, 0.2) is 0 Å². The molecular weight excluding hydrogens is 192 g/mol. The van der Waals surface area contributed by atoms with Crippen LogP contribution in [0.4, 0.5) is 0 Å². The Labute approximate surface area is 92.1 Å². The lowest BCUT2D eigenvalue weighted by Gasteiger charge is -2.32. The molecule has 3 atom stereocenters. The summed E-state index contributed by atoms with van der Waals surface area (Å²) in [5.41, 5.74) is 0. The van der Waals surface area contributed by atoms with Gasteiger partial charge in [-0.1, -0.05) is 19.9 Å². The molecule has 0 radical (unpaired) electrons. The summed E-state index contributed by atoms with van der Waals surface area (Å²) in [4.78, 5) is 0. The van der Waals surface area contributed by atoms with E-state index in [9.17, 15) is 5.11 Å². The van der Waals surface area contributed by atoms with E-state index in [1.54, 1.807) is 0 Å². The van der Waals surface area contributed by atoms with Crippen molar-refractivity contribution < 1.29 is 14.6 Å². The topological polar surface area (TPSA) is 38.7 Å². The molecule has 1 aliphatic rings. The first kappa shape index (κ1) is 12.5. The largest absolute Gasteiger partial charge is 0.493 e. The molecule has 88 valence electrons. The fourth-order valence-corrected chi connectivity index (χ4v) is 1.65. The molecule has 3 nitrogen and oxygen atoms in total. The van der Waals surface area contributed by atoms with Gasteiger partial charge in [-0.3, -0.25) is 0 Å². The van der Waals surface area contributed by atoms with Crippen molar-refractivity contribution in [2.45, 2.75) is 57.8 Å². The van der Waals surface area contributed by atoms with Crippen LogP contribution in [-0.4, -0.2) is 30.0 Å². The number of allylic oxidation sites excluding steroid dienone is 1. The lowest BCUT2D eigenvalue weighted by Crippen LogP contribution is -2.40. The zero-order valence-corrected chi connectivity index (χ0v) is 9.74. The Morgan fingerprint density at radius 3 is 2.93 bits per heavy atom. The highest BCUT2D eigenvalue weighted by Crippen LogP contribution is 2.20. The fraction of sp³-hybridized carbons (Fsp3) is 0.833. The third-order valence-corrected chi connectivity index (χ3v) is 2.73. The van der Waals surface area contributed by atoms with Crippen molar-refractivity contribution in [1.82, 2.24) is 0 Å². The molecule has 0 bridgehead atoms. The molecular formula is C12H22O3. The van der Waals surface area contributed by atoms with Crippen molar-refractivity contribution >= 4 is 0 Å². The molecule has 0 aliphatic carbocycles. The predicted octanol–water partition coefficient (Wildman–Crippen LogP) is 2.25. The van der Waals surface area contributed by atoms with Gasteiger partial charge in [0, 0.05) is 12.8 Å². The molecule has 0 saturated carbocycles. The molecule has 1 saturated heterocycles. The van der Waals surface area contributed by atoms with Crippen LogP contribution in [0.1, 0.15) is 39.5 Å². The molecule has 0 spiro atoms. The van der Waals surface area contributed by atoms with Crippen LogP contribution in [0.25, 0.3) is 0 Å². The normalized spacial score (nSPS) is 31.3. The van der Waals surface area contributed by atoms with Gasteiger partial charge in [0.1, 0.15) is 6.10 Å². The third-order valence-electron chi connectivity index (χ3n) is 2.73. The van der Waals surface area contributed by atoms with E-state index in [0.717, 1.165) is 25.0 Å². The van der Waals surface area contributed by atoms with E-state index in [1.807, 2.05) is 6.92 Å². The monoisotopic (exact) mass is 214 g/mol. The molecule has 3 heteroatoms. The van der Waals surface area contributed by atoms with Crippen LogP contribution in [-0.2, 0) is 9.47 Å². The van der Waals surface area contributed by atoms with Gasteiger partial charge in [-0.15, -0.1) is 0 Å². The summed E-state index contributed by atoms with van der Waals surface area (Å²) in [5.74, 6) is 0.812. The van der Waals surface area contributed by atoms with Crippen molar-refractivity contribution in [3.8, 4) is 0 Å². The minimum absolute atomic E-state index is 0.0273. The maximum atomic E-state index is 9.60. The number of ether oxygens (including phenoxy) is 2. The van der Waals surface area contributed by atoms with Gasteiger partial charge in [0.05, 0.1) is 24.6 Å². The summed E-state index contributed by atoms with van der Waals surface area (Å²) in [6.07, 6.45) is 3.27. The summed E-state index contributed by atoms with van der Waals surface area (Å²) in [7, 11) is 0. The molecule has 1 fully saturated rings. The van der Waals surface area contributed by atoms with Crippen molar-refractivity contribution in [3.05, 3.63) is 12.3 Å². The fourth-order valence-electron chi connectivity index (χ4n) is 1.65. The lowest BCUT2D eigenvalue weighted by atomic mass is 10.0. The smallest absolute Gasteiger partial charge is 0.124 e. The van der Waals surface area contributed by atoms with Gasteiger partial charge in [0.25, 0.3) is 0 Å². The molecule has 0 aromatic rings. The van der Waals surface area contributed by atoms with Gasteiger partial charge in [-0.2, -0.15) is 0 Å². The Morgan fingerprint density at radius 2 is 2.33 bits per heavy atom. The van der Waals surface area contributed by atoms with E-state index in [1.165, 1.54) is 0 Å². The Morgan fingerprint density at radius 1 is 1.60 bits per heavy atom. The Hall–Kier alpha value is -0.540. The Kier molecular flexibility index (Phi) is 5.12. The summed E-state index contributed by atoms with van der Waals surface area (Å²) in [6, 6.07) is 0. The summed E-state index contributed by atoms with van der Waals surface area (Å²) >= 11 is 0. The van der Waals surface area contributed by atoms with E-state index in [-0.39, 0.29) is 12.2 Å².